The summed E-state index contributed by atoms with van der Waals surface area (Å²) in [6.45, 7) is 9.50. The van der Waals surface area contributed by atoms with Gasteiger partial charge in [0, 0.05) is 43.6 Å². The largest absolute Gasteiger partial charge is 0.478 e. The number of amides is 1. The van der Waals surface area contributed by atoms with Crippen molar-refractivity contribution in [3.05, 3.63) is 34.4 Å². The smallest absolute Gasteiger partial charge is 0.245 e. The maximum Gasteiger partial charge on any atom is 0.245 e. The highest BCUT2D eigenvalue weighted by Crippen LogP contribution is 2.24. The fourth-order valence-electron chi connectivity index (χ4n) is 2.81. The van der Waals surface area contributed by atoms with E-state index in [4.69, 9.17) is 26.8 Å². The average Bonchev–Trinajstić information content (AvgIpc) is 3.08. The molecule has 7 heteroatoms. The number of nitrogens with two attached hydrogens (primary N) is 1. The number of methoxy groups -OCH3 is 1. The standard InChI is InChI=1S/C16H22ClN3O3/c1-4-14(21)20-6-11(8-22-3)12(7-20)9-23-16(18)15-10(2)19-5-13(15)17/h4-5,11-12,19H,1-2,6-9,18H2,3H3/b16-15-/t11?,12-/m1/s1. The molecule has 0 aromatic carbocycles. The van der Waals surface area contributed by atoms with Gasteiger partial charge in [-0.05, 0) is 6.08 Å². The van der Waals surface area contributed by atoms with E-state index in [0.717, 1.165) is 0 Å². The lowest BCUT2D eigenvalue weighted by molar-refractivity contribution is -0.125. The minimum Gasteiger partial charge on any atom is -0.478 e. The van der Waals surface area contributed by atoms with E-state index in [1.807, 2.05) is 0 Å². The number of halogens is 1. The normalized spacial score (nSPS) is 22.1. The Morgan fingerprint density at radius 1 is 1.52 bits per heavy atom. The van der Waals surface area contributed by atoms with Gasteiger partial charge in [0.2, 0.25) is 5.91 Å². The average molecular weight is 340 g/mol. The Kier molecular flexibility index (Phi) is 5.74. The number of ether oxygens (including phenoxy) is 2. The van der Waals surface area contributed by atoms with Crippen LogP contribution in [0.1, 0.15) is 0 Å². The quantitative estimate of drug-likeness (QED) is 0.716. The van der Waals surface area contributed by atoms with Crippen LogP contribution in [-0.2, 0) is 14.3 Å². The van der Waals surface area contributed by atoms with E-state index in [2.05, 4.69) is 18.1 Å². The van der Waals surface area contributed by atoms with Gasteiger partial charge < -0.3 is 25.1 Å². The molecule has 1 saturated heterocycles. The summed E-state index contributed by atoms with van der Waals surface area (Å²) in [4.78, 5) is 16.4. The maximum atomic E-state index is 11.8. The zero-order valence-electron chi connectivity index (χ0n) is 13.2. The summed E-state index contributed by atoms with van der Waals surface area (Å²) in [5.41, 5.74) is 5.98. The summed E-state index contributed by atoms with van der Waals surface area (Å²) in [5.74, 6) is 0.464. The highest BCUT2D eigenvalue weighted by Gasteiger charge is 2.35. The summed E-state index contributed by atoms with van der Waals surface area (Å²) in [5, 5.41) is 1.65. The molecule has 0 aliphatic carbocycles. The second-order valence-corrected chi connectivity index (χ2v) is 6.00. The number of hydrogen-bond donors (Lipinski definition) is 2. The number of likely N-dealkylation sites (tertiary alicyclic amines) is 1. The van der Waals surface area contributed by atoms with Crippen LogP contribution in [0.5, 0.6) is 0 Å². The lowest BCUT2D eigenvalue weighted by Gasteiger charge is -2.17. The molecule has 0 radical (unpaired) electrons. The van der Waals surface area contributed by atoms with E-state index in [1.54, 1.807) is 18.2 Å². The third-order valence-corrected chi connectivity index (χ3v) is 4.35. The van der Waals surface area contributed by atoms with Gasteiger partial charge in [0.15, 0.2) is 5.88 Å². The van der Waals surface area contributed by atoms with Crippen molar-refractivity contribution in [3.8, 4) is 0 Å². The lowest BCUT2D eigenvalue weighted by Crippen LogP contribution is -2.31. The Labute approximate surface area is 140 Å². The number of rotatable bonds is 6. The van der Waals surface area contributed by atoms with Crippen molar-refractivity contribution in [2.75, 3.05) is 33.4 Å². The molecule has 1 aromatic rings. The molecule has 126 valence electrons. The molecule has 1 aliphatic heterocycles. The number of aromatic nitrogens is 1. The number of nitrogens with zero attached hydrogens (tertiary/aromatic N) is 1. The van der Waals surface area contributed by atoms with Crippen molar-refractivity contribution in [1.29, 1.82) is 0 Å². The third-order valence-electron chi connectivity index (χ3n) is 4.06. The molecule has 2 heterocycles. The number of nitrogens with one attached hydrogen (secondary N) is 1. The van der Waals surface area contributed by atoms with Gasteiger partial charge in [0.05, 0.1) is 23.5 Å². The first-order valence-electron chi connectivity index (χ1n) is 7.32. The van der Waals surface area contributed by atoms with Crippen LogP contribution in [0, 0.1) is 11.8 Å². The molecule has 1 unspecified atom stereocenters. The molecule has 1 amide bonds. The summed E-state index contributed by atoms with van der Waals surface area (Å²) in [6.07, 6.45) is 2.94. The molecule has 1 fully saturated rings. The van der Waals surface area contributed by atoms with Crippen LogP contribution in [0.15, 0.2) is 18.9 Å². The number of hydrogen-bond acceptors (Lipinski definition) is 4. The second-order valence-electron chi connectivity index (χ2n) is 5.59. The van der Waals surface area contributed by atoms with Gasteiger partial charge in [0.25, 0.3) is 0 Å². The van der Waals surface area contributed by atoms with Crippen LogP contribution in [0.3, 0.4) is 0 Å². The van der Waals surface area contributed by atoms with Gasteiger partial charge in [-0.15, -0.1) is 0 Å². The van der Waals surface area contributed by atoms with Gasteiger partial charge >= 0.3 is 0 Å². The first-order chi connectivity index (χ1) is 11.0. The van der Waals surface area contributed by atoms with E-state index >= 15 is 0 Å². The highest BCUT2D eigenvalue weighted by atomic mass is 35.5. The molecule has 0 spiro atoms. The van der Waals surface area contributed by atoms with Crippen LogP contribution >= 0.6 is 11.6 Å². The predicted molar refractivity (Wildman–Crippen MR) is 89.8 cm³/mol. The molecule has 1 aromatic heterocycles. The van der Waals surface area contributed by atoms with Crippen molar-refractivity contribution < 1.29 is 14.3 Å². The topological polar surface area (TPSA) is 80.6 Å². The Balaban J connectivity index is 2.09. The first-order valence-corrected chi connectivity index (χ1v) is 7.70. The molecule has 6 nitrogen and oxygen atoms in total. The monoisotopic (exact) mass is 339 g/mol. The van der Waals surface area contributed by atoms with Crippen LogP contribution in [0.4, 0.5) is 0 Å². The molecule has 2 rings (SSSR count). The zero-order valence-corrected chi connectivity index (χ0v) is 13.9. The third kappa shape index (κ3) is 3.89. The van der Waals surface area contributed by atoms with Crippen LogP contribution in [0.25, 0.3) is 12.5 Å². The lowest BCUT2D eigenvalue weighted by atomic mass is 9.98. The van der Waals surface area contributed by atoms with E-state index in [1.165, 1.54) is 6.08 Å². The molecule has 0 saturated carbocycles. The fourth-order valence-corrected chi connectivity index (χ4v) is 3.08. The van der Waals surface area contributed by atoms with Crippen molar-refractivity contribution in [1.82, 2.24) is 9.88 Å². The molecule has 1 aliphatic rings. The first kappa shape index (κ1) is 17.4. The van der Waals surface area contributed by atoms with Gasteiger partial charge in [-0.2, -0.15) is 0 Å². The zero-order chi connectivity index (χ0) is 17.0. The molecular formula is C16H22ClN3O3. The summed E-state index contributed by atoms with van der Waals surface area (Å²) >= 11 is 6.06. The summed E-state index contributed by atoms with van der Waals surface area (Å²) in [6, 6.07) is 0. The fraction of sp³-hybridized carbons (Fsp3) is 0.438. The molecule has 0 bridgehead atoms. The van der Waals surface area contributed by atoms with Gasteiger partial charge in [-0.25, -0.2) is 0 Å². The van der Waals surface area contributed by atoms with E-state index in [0.29, 0.717) is 41.9 Å². The Morgan fingerprint density at radius 3 is 2.70 bits per heavy atom. The molecule has 3 N–H and O–H groups in total. The highest BCUT2D eigenvalue weighted by molar-refractivity contribution is 6.30. The maximum absolute atomic E-state index is 11.8. The van der Waals surface area contributed by atoms with Crippen LogP contribution in [0.2, 0.25) is 5.02 Å². The number of H-pyrrole nitrogens is 1. The summed E-state index contributed by atoms with van der Waals surface area (Å²) in [7, 11) is 1.64. The Bertz CT molecular complexity index is 685. The minimum atomic E-state index is -0.0840. The number of carbonyl (C=O) groups is 1. The van der Waals surface area contributed by atoms with Crippen molar-refractivity contribution in [2.45, 2.75) is 0 Å². The molecular weight excluding hydrogens is 318 g/mol. The van der Waals surface area contributed by atoms with E-state index in [9.17, 15) is 4.79 Å². The molecule has 2 atom stereocenters. The second kappa shape index (κ2) is 7.57. The molecule has 23 heavy (non-hydrogen) atoms. The number of aromatic amines is 1. The predicted octanol–water partition coefficient (Wildman–Crippen LogP) is 0.0264. The Morgan fingerprint density at radius 2 is 2.17 bits per heavy atom. The Hall–Kier alpha value is -1.92. The minimum absolute atomic E-state index is 0.0840. The van der Waals surface area contributed by atoms with Gasteiger partial charge in [-0.1, -0.05) is 24.8 Å². The van der Waals surface area contributed by atoms with E-state index in [-0.39, 0.29) is 23.6 Å². The van der Waals surface area contributed by atoms with Crippen molar-refractivity contribution >= 4 is 30.0 Å². The van der Waals surface area contributed by atoms with Crippen LogP contribution in [-0.4, -0.2) is 49.2 Å². The van der Waals surface area contributed by atoms with Crippen LogP contribution < -0.4 is 16.3 Å². The number of carbonyl (C=O) groups excluding carboxylic acids is 1. The van der Waals surface area contributed by atoms with Gasteiger partial charge in [-0.3, -0.25) is 4.79 Å². The van der Waals surface area contributed by atoms with Crippen molar-refractivity contribution in [2.24, 2.45) is 17.6 Å². The SMILES string of the molecule is C=CC(=O)N1CC(COC)[C@@H](CO/C(N)=c2\c(Cl)c[nH]c2=C)C1. The van der Waals surface area contributed by atoms with Gasteiger partial charge in [0.1, 0.15) is 0 Å². The van der Waals surface area contributed by atoms with E-state index < -0.39 is 0 Å². The van der Waals surface area contributed by atoms with Crippen molar-refractivity contribution in [3.63, 3.8) is 0 Å². The summed E-state index contributed by atoms with van der Waals surface area (Å²) < 4.78 is 10.9.